The fraction of sp³-hybridized carbons (Fsp3) is 0. The Balaban J connectivity index is -0.0000000800. The zero-order chi connectivity index (χ0) is 4.50. The molecule has 7 heteroatoms. The molecule has 0 aliphatic carbocycles. The van der Waals surface area contributed by atoms with Gasteiger partial charge in [-0.1, -0.05) is 0 Å². The Morgan fingerprint density at radius 1 is 0.857 bits per heavy atom. The zero-order valence-corrected chi connectivity index (χ0v) is 8.02. The largest absolute Gasteiger partial charge is 0.668 e. The Bertz CT molecular complexity index is 27.2. The average Bonchev–Trinajstić information content (AvgIpc) is 0.722. The smallest absolute Gasteiger partial charge is 0.368 e. The summed E-state index contributed by atoms with van der Waals surface area (Å²) in [6.07, 6.45) is 0. The van der Waals surface area contributed by atoms with Crippen LogP contribution < -0.4 is 0 Å². The van der Waals surface area contributed by atoms with Crippen molar-refractivity contribution in [1.29, 1.82) is 0 Å². The average molecular weight is 146 g/mol. The first-order valence-corrected chi connectivity index (χ1v) is 2.68. The van der Waals surface area contributed by atoms with Gasteiger partial charge in [-0.15, -0.1) is 0 Å². The molecule has 7 heavy (non-hydrogen) atoms. The molecule has 0 aromatic carbocycles. The van der Waals surface area contributed by atoms with Gasteiger partial charge >= 0.3 is 9.05 Å². The van der Waals surface area contributed by atoms with Crippen LogP contribution >= 0.6 is 0 Å². The molecule has 4 radical (unpaired) electrons. The van der Waals surface area contributed by atoms with Crippen molar-refractivity contribution in [2.45, 2.75) is 0 Å². The molecule has 0 atom stereocenters. The van der Waals surface area contributed by atoms with Gasteiger partial charge in [-0.3, -0.25) is 0 Å². The molecular formula is H4AlNaO4Si. The summed E-state index contributed by atoms with van der Waals surface area (Å²) in [7, 11) is -4.61. The van der Waals surface area contributed by atoms with E-state index < -0.39 is 9.05 Å². The van der Waals surface area contributed by atoms with Gasteiger partial charge in [0.25, 0.3) is 0 Å². The molecule has 4 nitrogen and oxygen atoms in total. The Morgan fingerprint density at radius 3 is 0.857 bits per heavy atom. The van der Waals surface area contributed by atoms with Crippen LogP contribution in [0, 0.1) is 0 Å². The van der Waals surface area contributed by atoms with E-state index in [1.807, 2.05) is 0 Å². The fourth-order valence-electron chi connectivity index (χ4n) is 0. The van der Waals surface area contributed by atoms with Crippen molar-refractivity contribution in [3.8, 4) is 0 Å². The summed E-state index contributed by atoms with van der Waals surface area (Å²) in [5.74, 6) is 0. The summed E-state index contributed by atoms with van der Waals surface area (Å²) in [6, 6.07) is 0. The van der Waals surface area contributed by atoms with Crippen molar-refractivity contribution in [3.63, 3.8) is 0 Å². The Morgan fingerprint density at radius 2 is 0.857 bits per heavy atom. The summed E-state index contributed by atoms with van der Waals surface area (Å²) in [6.45, 7) is 0. The number of hydrogen-bond acceptors (Lipinski definition) is 4. The zero-order valence-electron chi connectivity index (χ0n) is 3.87. The molecule has 0 saturated carbocycles. The maximum atomic E-state index is 7.33. The molecule has 0 aliphatic rings. The Kier molecular flexibility index (Phi) is 12.9. The maximum Gasteiger partial charge on any atom is 0.668 e. The third-order valence-corrected chi connectivity index (χ3v) is 0. The van der Waals surface area contributed by atoms with E-state index in [-0.39, 0.29) is 46.9 Å². The third kappa shape index (κ3) is 93.9. The van der Waals surface area contributed by atoms with Crippen LogP contribution in [-0.4, -0.2) is 75.1 Å². The molecule has 0 saturated heterocycles. The molecule has 0 amide bonds. The molecule has 0 unspecified atom stereocenters. The molecule has 0 bridgehead atoms. The van der Waals surface area contributed by atoms with Crippen molar-refractivity contribution in [2.24, 2.45) is 0 Å². The molecule has 0 rings (SSSR count). The van der Waals surface area contributed by atoms with E-state index in [0.29, 0.717) is 0 Å². The number of hydrogen-bond donors (Lipinski definition) is 4. The van der Waals surface area contributed by atoms with Crippen LogP contribution in [-0.2, 0) is 0 Å². The summed E-state index contributed by atoms with van der Waals surface area (Å²) in [4.78, 5) is 29.3. The van der Waals surface area contributed by atoms with Crippen molar-refractivity contribution in [1.82, 2.24) is 0 Å². The predicted octanol–water partition coefficient (Wildman–Crippen LogP) is -3.37. The standard InChI is InChI=1S/Al.Na.H4O4Si/c;;1-5(2,3)4/h;;1-4H. The molecule has 0 heterocycles. The van der Waals surface area contributed by atoms with E-state index in [1.54, 1.807) is 0 Å². The molecule has 4 N–H and O–H groups in total. The van der Waals surface area contributed by atoms with Crippen LogP contribution in [0.5, 0.6) is 0 Å². The van der Waals surface area contributed by atoms with E-state index in [0.717, 1.165) is 0 Å². The van der Waals surface area contributed by atoms with E-state index in [9.17, 15) is 0 Å². The minimum Gasteiger partial charge on any atom is -0.368 e. The normalized spacial score (nSPS) is 8.57. The van der Waals surface area contributed by atoms with Gasteiger partial charge in [0.15, 0.2) is 0 Å². The van der Waals surface area contributed by atoms with Gasteiger partial charge in [0, 0.05) is 46.9 Å². The molecule has 0 spiro atoms. The van der Waals surface area contributed by atoms with Crippen molar-refractivity contribution >= 4 is 56.0 Å². The first kappa shape index (κ1) is 15.8. The van der Waals surface area contributed by atoms with Gasteiger partial charge < -0.3 is 19.2 Å². The quantitative estimate of drug-likeness (QED) is 0.269. The second kappa shape index (κ2) is 5.72. The van der Waals surface area contributed by atoms with Crippen LogP contribution in [0.15, 0.2) is 0 Å². The van der Waals surface area contributed by atoms with Crippen LogP contribution in [0.4, 0.5) is 0 Å². The van der Waals surface area contributed by atoms with Gasteiger partial charge in [-0.2, -0.15) is 0 Å². The minimum absolute atomic E-state index is 0. The molecule has 36 valence electrons. The Hall–Kier alpha value is 1.59. The molecule has 0 aliphatic heterocycles. The maximum absolute atomic E-state index is 7.33. The molecule has 0 aromatic heterocycles. The van der Waals surface area contributed by atoms with Crippen LogP contribution in [0.3, 0.4) is 0 Å². The SMILES string of the molecule is O[Si](O)(O)O.[Al].[Na]. The van der Waals surface area contributed by atoms with Gasteiger partial charge in [0.05, 0.1) is 0 Å². The van der Waals surface area contributed by atoms with E-state index in [1.165, 1.54) is 0 Å². The van der Waals surface area contributed by atoms with Gasteiger partial charge in [-0.05, 0) is 0 Å². The van der Waals surface area contributed by atoms with Crippen LogP contribution in [0.2, 0.25) is 0 Å². The fourth-order valence-corrected chi connectivity index (χ4v) is 0. The monoisotopic (exact) mass is 146 g/mol. The minimum atomic E-state index is -4.61. The van der Waals surface area contributed by atoms with Crippen molar-refractivity contribution in [3.05, 3.63) is 0 Å². The first-order chi connectivity index (χ1) is 2.00. The second-order valence-electron chi connectivity index (χ2n) is 0.600. The third-order valence-electron chi connectivity index (χ3n) is 0. The predicted molar refractivity (Wildman–Crippen MR) is 26.1 cm³/mol. The van der Waals surface area contributed by atoms with Crippen LogP contribution in [0.1, 0.15) is 0 Å². The topological polar surface area (TPSA) is 80.9 Å². The summed E-state index contributed by atoms with van der Waals surface area (Å²) in [5, 5.41) is 0. The van der Waals surface area contributed by atoms with Gasteiger partial charge in [-0.25, -0.2) is 0 Å². The summed E-state index contributed by atoms with van der Waals surface area (Å²) in [5.41, 5.74) is 0. The van der Waals surface area contributed by atoms with E-state index in [4.69, 9.17) is 19.2 Å². The summed E-state index contributed by atoms with van der Waals surface area (Å²) < 4.78 is 0. The number of rotatable bonds is 0. The van der Waals surface area contributed by atoms with Crippen LogP contribution in [0.25, 0.3) is 0 Å². The van der Waals surface area contributed by atoms with Crippen molar-refractivity contribution < 1.29 is 19.2 Å². The Labute approximate surface area is 74.7 Å². The van der Waals surface area contributed by atoms with E-state index >= 15 is 0 Å². The van der Waals surface area contributed by atoms with Gasteiger partial charge in [0.1, 0.15) is 0 Å². The van der Waals surface area contributed by atoms with E-state index in [2.05, 4.69) is 0 Å². The van der Waals surface area contributed by atoms with Gasteiger partial charge in [0.2, 0.25) is 0 Å². The first-order valence-electron chi connectivity index (χ1n) is 0.894. The molecule has 0 fully saturated rings. The van der Waals surface area contributed by atoms with Crippen molar-refractivity contribution in [2.75, 3.05) is 0 Å². The summed E-state index contributed by atoms with van der Waals surface area (Å²) >= 11 is 0. The molecular weight excluding hydrogens is 142 g/mol. The second-order valence-corrected chi connectivity index (χ2v) is 1.80. The molecule has 0 aromatic rings.